The van der Waals surface area contributed by atoms with Gasteiger partial charge in [0.25, 0.3) is 5.78 Å². The van der Waals surface area contributed by atoms with Crippen LogP contribution < -0.4 is 9.64 Å². The molecular formula is C25H20N2O4. The van der Waals surface area contributed by atoms with E-state index >= 15 is 0 Å². The molecule has 3 aromatic rings. The molecule has 6 nitrogen and oxygen atoms in total. The average molecular weight is 412 g/mol. The molecule has 1 fully saturated rings. The number of aromatic nitrogens is 1. The molecule has 4 rings (SSSR count). The highest BCUT2D eigenvalue weighted by molar-refractivity contribution is 6.51. The van der Waals surface area contributed by atoms with Crippen molar-refractivity contribution in [2.45, 2.75) is 6.04 Å². The molecule has 1 aliphatic rings. The van der Waals surface area contributed by atoms with Crippen molar-refractivity contribution in [2.24, 2.45) is 0 Å². The molecule has 154 valence electrons. The number of carbonyl (C=O) groups excluding carboxylic acids is 2. The predicted octanol–water partition coefficient (Wildman–Crippen LogP) is 4.27. The SMILES string of the molecule is C=CCOc1ccc(/C(O)=C2/C(=O)C(=O)N(c3ccccn3)C2c2ccccc2)cc1. The highest BCUT2D eigenvalue weighted by Crippen LogP contribution is 2.41. The Balaban J connectivity index is 1.83. The van der Waals surface area contributed by atoms with Gasteiger partial charge in [0.2, 0.25) is 0 Å². The first-order chi connectivity index (χ1) is 15.1. The Morgan fingerprint density at radius 3 is 2.39 bits per heavy atom. The molecular weight excluding hydrogens is 392 g/mol. The van der Waals surface area contributed by atoms with Crippen LogP contribution in [-0.4, -0.2) is 28.4 Å². The monoisotopic (exact) mass is 412 g/mol. The molecule has 1 atom stereocenters. The molecule has 2 aromatic carbocycles. The Hall–Kier alpha value is -4.19. The highest BCUT2D eigenvalue weighted by atomic mass is 16.5. The number of hydrogen-bond acceptors (Lipinski definition) is 5. The van der Waals surface area contributed by atoms with Gasteiger partial charge in [0, 0.05) is 11.8 Å². The van der Waals surface area contributed by atoms with Crippen LogP contribution in [0.5, 0.6) is 5.75 Å². The van der Waals surface area contributed by atoms with Crippen LogP contribution in [0, 0.1) is 0 Å². The lowest BCUT2D eigenvalue weighted by atomic mass is 9.95. The second kappa shape index (κ2) is 8.67. The minimum absolute atomic E-state index is 0.0154. The second-order valence-electron chi connectivity index (χ2n) is 6.89. The van der Waals surface area contributed by atoms with Crippen molar-refractivity contribution in [1.82, 2.24) is 4.98 Å². The highest BCUT2D eigenvalue weighted by Gasteiger charge is 2.47. The Morgan fingerprint density at radius 2 is 1.74 bits per heavy atom. The third kappa shape index (κ3) is 3.83. The number of anilines is 1. The molecule has 1 aliphatic heterocycles. The number of benzene rings is 2. The van der Waals surface area contributed by atoms with Crippen LogP contribution in [0.3, 0.4) is 0 Å². The Bertz CT molecular complexity index is 1140. The van der Waals surface area contributed by atoms with Crippen molar-refractivity contribution < 1.29 is 19.4 Å². The average Bonchev–Trinajstić information content (AvgIpc) is 3.09. The molecule has 1 aromatic heterocycles. The summed E-state index contributed by atoms with van der Waals surface area (Å²) in [7, 11) is 0. The molecule has 6 heteroatoms. The Morgan fingerprint density at radius 1 is 1.03 bits per heavy atom. The first kappa shape index (κ1) is 20.1. The zero-order valence-electron chi connectivity index (χ0n) is 16.6. The normalized spacial score (nSPS) is 17.5. The number of Topliss-reactive ketones (excluding diaryl/α,β-unsaturated/α-hetero) is 1. The quantitative estimate of drug-likeness (QED) is 0.283. The number of aliphatic hydroxyl groups is 1. The summed E-state index contributed by atoms with van der Waals surface area (Å²) in [5.41, 5.74) is 1.12. The molecule has 0 saturated carbocycles. The third-order valence-corrected chi connectivity index (χ3v) is 4.95. The van der Waals surface area contributed by atoms with Crippen LogP contribution >= 0.6 is 0 Å². The number of rotatable bonds is 6. The first-order valence-electron chi connectivity index (χ1n) is 9.73. The largest absolute Gasteiger partial charge is 0.507 e. The van der Waals surface area contributed by atoms with E-state index in [-0.39, 0.29) is 11.3 Å². The topological polar surface area (TPSA) is 79.7 Å². The first-order valence-corrected chi connectivity index (χ1v) is 9.73. The lowest BCUT2D eigenvalue weighted by Crippen LogP contribution is -2.30. The van der Waals surface area contributed by atoms with Crippen molar-refractivity contribution in [3.05, 3.63) is 108 Å². The van der Waals surface area contributed by atoms with Crippen molar-refractivity contribution in [2.75, 3.05) is 11.5 Å². The molecule has 0 bridgehead atoms. The zero-order valence-corrected chi connectivity index (χ0v) is 16.6. The summed E-state index contributed by atoms with van der Waals surface area (Å²) in [6, 6.07) is 20.1. The number of carbonyl (C=O) groups is 2. The summed E-state index contributed by atoms with van der Waals surface area (Å²) < 4.78 is 5.47. The van der Waals surface area contributed by atoms with Crippen LogP contribution in [0.25, 0.3) is 5.76 Å². The maximum absolute atomic E-state index is 13.0. The number of hydrogen-bond donors (Lipinski definition) is 1. The molecule has 1 saturated heterocycles. The number of nitrogens with zero attached hydrogens (tertiary/aromatic N) is 2. The molecule has 31 heavy (non-hydrogen) atoms. The molecule has 0 radical (unpaired) electrons. The van der Waals surface area contributed by atoms with Crippen LogP contribution in [0.2, 0.25) is 0 Å². The van der Waals surface area contributed by atoms with Gasteiger partial charge in [-0.05, 0) is 42.0 Å². The lowest BCUT2D eigenvalue weighted by molar-refractivity contribution is -0.132. The lowest BCUT2D eigenvalue weighted by Gasteiger charge is -2.24. The van der Waals surface area contributed by atoms with Crippen LogP contribution in [0.4, 0.5) is 5.82 Å². The number of ketones is 1. The van der Waals surface area contributed by atoms with Gasteiger partial charge in [0.15, 0.2) is 0 Å². The smallest absolute Gasteiger partial charge is 0.301 e. The van der Waals surface area contributed by atoms with E-state index in [1.54, 1.807) is 54.7 Å². The van der Waals surface area contributed by atoms with E-state index in [1.165, 1.54) is 4.90 Å². The maximum atomic E-state index is 13.0. The summed E-state index contributed by atoms with van der Waals surface area (Å²) in [6.45, 7) is 3.96. The van der Waals surface area contributed by atoms with E-state index in [1.807, 2.05) is 30.3 Å². The summed E-state index contributed by atoms with van der Waals surface area (Å²) in [6.07, 6.45) is 3.19. The van der Waals surface area contributed by atoms with Gasteiger partial charge in [-0.15, -0.1) is 0 Å². The van der Waals surface area contributed by atoms with E-state index in [2.05, 4.69) is 11.6 Å². The van der Waals surface area contributed by atoms with Crippen molar-refractivity contribution in [1.29, 1.82) is 0 Å². The van der Waals surface area contributed by atoms with Crippen LogP contribution in [-0.2, 0) is 9.59 Å². The van der Waals surface area contributed by atoms with Gasteiger partial charge < -0.3 is 9.84 Å². The molecule has 1 N–H and O–H groups in total. The van der Waals surface area contributed by atoms with Crippen molar-refractivity contribution in [3.8, 4) is 5.75 Å². The summed E-state index contributed by atoms with van der Waals surface area (Å²) in [4.78, 5) is 31.6. The van der Waals surface area contributed by atoms with Crippen LogP contribution in [0.15, 0.2) is 97.2 Å². The zero-order chi connectivity index (χ0) is 21.8. The number of aliphatic hydroxyl groups excluding tert-OH is 1. The Kier molecular flexibility index (Phi) is 5.62. The summed E-state index contributed by atoms with van der Waals surface area (Å²) in [5.74, 6) is -0.805. The van der Waals surface area contributed by atoms with E-state index in [9.17, 15) is 14.7 Å². The molecule has 1 unspecified atom stereocenters. The van der Waals surface area contributed by atoms with Gasteiger partial charge in [-0.3, -0.25) is 14.5 Å². The van der Waals surface area contributed by atoms with Gasteiger partial charge in [0.1, 0.15) is 23.9 Å². The number of ether oxygens (including phenoxy) is 1. The minimum atomic E-state index is -0.798. The molecule has 0 spiro atoms. The molecule has 2 heterocycles. The predicted molar refractivity (Wildman–Crippen MR) is 118 cm³/mol. The van der Waals surface area contributed by atoms with E-state index < -0.39 is 17.7 Å². The molecule has 0 aliphatic carbocycles. The minimum Gasteiger partial charge on any atom is -0.507 e. The fraction of sp³-hybridized carbons (Fsp3) is 0.0800. The van der Waals surface area contributed by atoms with Crippen molar-refractivity contribution >= 4 is 23.3 Å². The molecule has 1 amide bonds. The van der Waals surface area contributed by atoms with E-state index in [0.29, 0.717) is 29.3 Å². The summed E-state index contributed by atoms with van der Waals surface area (Å²) in [5, 5.41) is 11.1. The van der Waals surface area contributed by atoms with Gasteiger partial charge in [-0.1, -0.05) is 49.1 Å². The number of amides is 1. The van der Waals surface area contributed by atoms with Gasteiger partial charge in [0.05, 0.1) is 11.6 Å². The standard InChI is InChI=1S/C25H20N2O4/c1-2-16-31-19-13-11-18(12-14-19)23(28)21-22(17-8-4-3-5-9-17)27(25(30)24(21)29)20-10-6-7-15-26-20/h2-15,22,28H,1,16H2/b23-21-. The van der Waals surface area contributed by atoms with E-state index in [4.69, 9.17) is 4.74 Å². The fourth-order valence-corrected chi connectivity index (χ4v) is 3.54. The fourth-order valence-electron chi connectivity index (χ4n) is 3.54. The second-order valence-corrected chi connectivity index (χ2v) is 6.89. The number of pyridine rings is 1. The van der Waals surface area contributed by atoms with E-state index in [0.717, 1.165) is 0 Å². The Labute approximate surface area is 179 Å². The third-order valence-electron chi connectivity index (χ3n) is 4.95. The summed E-state index contributed by atoms with van der Waals surface area (Å²) >= 11 is 0. The van der Waals surface area contributed by atoms with Gasteiger partial charge in [-0.2, -0.15) is 0 Å². The maximum Gasteiger partial charge on any atom is 0.301 e. The van der Waals surface area contributed by atoms with Crippen LogP contribution in [0.1, 0.15) is 17.2 Å². The van der Waals surface area contributed by atoms with Gasteiger partial charge in [-0.25, -0.2) is 4.98 Å². The van der Waals surface area contributed by atoms with Gasteiger partial charge >= 0.3 is 5.91 Å². The van der Waals surface area contributed by atoms with Crippen molar-refractivity contribution in [3.63, 3.8) is 0 Å².